The van der Waals surface area contributed by atoms with Crippen molar-refractivity contribution in [2.75, 3.05) is 12.8 Å². The number of hydrogen-bond donors (Lipinski definition) is 5. The number of aliphatic imine (C=N–C) groups is 1. The number of rotatable bonds is 9. The van der Waals surface area contributed by atoms with Crippen molar-refractivity contribution in [1.29, 1.82) is 0 Å². The van der Waals surface area contributed by atoms with Gasteiger partial charge in [-0.15, -0.1) is 0 Å². The number of unbranched alkanes of at least 4 members (excludes halogenated alkanes) is 1. The first kappa shape index (κ1) is 24.8. The molecule has 2 atom stereocenters. The topological polar surface area (TPSA) is 174 Å². The van der Waals surface area contributed by atoms with E-state index in [1.807, 2.05) is 37.3 Å². The second-order valence-corrected chi connectivity index (χ2v) is 7.71. The Morgan fingerprint density at radius 1 is 1.22 bits per heavy atom. The summed E-state index contributed by atoms with van der Waals surface area (Å²) in [6.07, 6.45) is 3.78. The molecule has 10 heteroatoms. The maximum absolute atomic E-state index is 12.0. The molecular formula is C17H31N5O4S. The molecule has 1 amide bonds. The average molecular weight is 402 g/mol. The molecule has 1 unspecified atom stereocenters. The summed E-state index contributed by atoms with van der Waals surface area (Å²) in [6, 6.07) is 9.63. The number of benzene rings is 1. The second-order valence-electron chi connectivity index (χ2n) is 6.24. The molecule has 8 N–H and O–H groups in total. The summed E-state index contributed by atoms with van der Waals surface area (Å²) >= 11 is 0. The molecule has 0 fully saturated rings. The van der Waals surface area contributed by atoms with Crippen LogP contribution in [-0.4, -0.2) is 49.7 Å². The Morgan fingerprint density at radius 2 is 1.78 bits per heavy atom. The predicted octanol–water partition coefficient (Wildman–Crippen LogP) is 0.00880. The first-order valence-corrected chi connectivity index (χ1v) is 10.4. The van der Waals surface area contributed by atoms with Crippen LogP contribution in [0.15, 0.2) is 35.3 Å². The highest BCUT2D eigenvalue weighted by atomic mass is 32.2. The van der Waals surface area contributed by atoms with Crippen molar-refractivity contribution in [3.05, 3.63) is 35.9 Å². The van der Waals surface area contributed by atoms with Gasteiger partial charge >= 0.3 is 0 Å². The van der Waals surface area contributed by atoms with Crippen LogP contribution in [0.1, 0.15) is 31.7 Å². The van der Waals surface area contributed by atoms with E-state index in [2.05, 4.69) is 10.3 Å². The van der Waals surface area contributed by atoms with Gasteiger partial charge in [0.1, 0.15) is 0 Å². The molecule has 0 aromatic heterocycles. The zero-order valence-electron chi connectivity index (χ0n) is 15.8. The Kier molecular flexibility index (Phi) is 12.0. The van der Waals surface area contributed by atoms with Crippen LogP contribution < -0.4 is 22.5 Å². The summed E-state index contributed by atoms with van der Waals surface area (Å²) in [5.74, 6) is -0.0120. The summed E-state index contributed by atoms with van der Waals surface area (Å²) in [7, 11) is -3.67. The van der Waals surface area contributed by atoms with E-state index in [-0.39, 0.29) is 17.9 Å². The van der Waals surface area contributed by atoms with E-state index >= 15 is 0 Å². The van der Waals surface area contributed by atoms with Crippen molar-refractivity contribution in [3.63, 3.8) is 0 Å². The number of nitrogens with one attached hydrogen (secondary N) is 1. The lowest BCUT2D eigenvalue weighted by atomic mass is 10.1. The van der Waals surface area contributed by atoms with Crippen molar-refractivity contribution in [1.82, 2.24) is 5.32 Å². The van der Waals surface area contributed by atoms with Crippen molar-refractivity contribution in [2.24, 2.45) is 22.2 Å². The van der Waals surface area contributed by atoms with E-state index in [1.165, 1.54) is 5.56 Å². The Bertz CT molecular complexity index is 668. The van der Waals surface area contributed by atoms with Gasteiger partial charge in [-0.05, 0) is 38.2 Å². The zero-order chi connectivity index (χ0) is 20.9. The highest BCUT2D eigenvalue weighted by Gasteiger charge is 2.15. The standard InChI is InChI=1S/C16H27N5O.CH4O3S/c1-12(11-13-7-3-2-4-8-13)21-15(22)14(17)9-5-6-10-20-16(18)19;1-5(2,3)4/h2-4,7-8,12,14H,5-6,9-11,17H2,1H3,(H,21,22)(H4,18,19,20);1H3,(H,2,3,4)/t12-,14?;/m0./s1. The summed E-state index contributed by atoms with van der Waals surface area (Å²) in [4.78, 5) is 15.9. The van der Waals surface area contributed by atoms with Crippen LogP contribution >= 0.6 is 0 Å². The number of hydrogen-bond acceptors (Lipinski definition) is 5. The number of nitrogens with zero attached hydrogens (tertiary/aromatic N) is 1. The summed E-state index contributed by atoms with van der Waals surface area (Å²) in [5.41, 5.74) is 17.6. The van der Waals surface area contributed by atoms with Crippen molar-refractivity contribution in [3.8, 4) is 0 Å². The molecule has 1 rings (SSSR count). The van der Waals surface area contributed by atoms with E-state index in [1.54, 1.807) is 0 Å². The molecule has 0 saturated heterocycles. The maximum atomic E-state index is 12.0. The van der Waals surface area contributed by atoms with E-state index in [0.29, 0.717) is 19.2 Å². The van der Waals surface area contributed by atoms with Gasteiger partial charge in [0.15, 0.2) is 5.96 Å². The summed E-state index contributed by atoms with van der Waals surface area (Å²) < 4.78 is 25.9. The van der Waals surface area contributed by atoms with Gasteiger partial charge < -0.3 is 22.5 Å². The summed E-state index contributed by atoms with van der Waals surface area (Å²) in [6.45, 7) is 2.55. The maximum Gasteiger partial charge on any atom is 0.261 e. The molecule has 154 valence electrons. The molecule has 0 spiro atoms. The van der Waals surface area contributed by atoms with Gasteiger partial charge in [-0.3, -0.25) is 14.3 Å². The molecule has 9 nitrogen and oxygen atoms in total. The third-order valence-corrected chi connectivity index (χ3v) is 3.33. The molecule has 0 saturated carbocycles. The lowest BCUT2D eigenvalue weighted by Gasteiger charge is -2.17. The van der Waals surface area contributed by atoms with Gasteiger partial charge in [0.25, 0.3) is 10.1 Å². The van der Waals surface area contributed by atoms with Crippen LogP contribution in [0.2, 0.25) is 0 Å². The van der Waals surface area contributed by atoms with E-state index in [0.717, 1.165) is 19.3 Å². The Balaban J connectivity index is 0.00000119. The van der Waals surface area contributed by atoms with Crippen LogP contribution in [0.3, 0.4) is 0 Å². The third-order valence-electron chi connectivity index (χ3n) is 3.33. The largest absolute Gasteiger partial charge is 0.370 e. The lowest BCUT2D eigenvalue weighted by Crippen LogP contribution is -2.45. The Morgan fingerprint density at radius 3 is 2.30 bits per heavy atom. The smallest absolute Gasteiger partial charge is 0.261 e. The molecule has 0 bridgehead atoms. The first-order chi connectivity index (χ1) is 12.5. The predicted molar refractivity (Wildman–Crippen MR) is 108 cm³/mol. The highest BCUT2D eigenvalue weighted by Crippen LogP contribution is 2.04. The van der Waals surface area contributed by atoms with Crippen LogP contribution in [0.4, 0.5) is 0 Å². The molecular weight excluding hydrogens is 370 g/mol. The summed E-state index contributed by atoms with van der Waals surface area (Å²) in [5, 5.41) is 2.96. The molecule has 0 aliphatic carbocycles. The van der Waals surface area contributed by atoms with Gasteiger partial charge in [-0.2, -0.15) is 8.42 Å². The van der Waals surface area contributed by atoms with E-state index < -0.39 is 16.2 Å². The minimum absolute atomic E-state index is 0.0580. The highest BCUT2D eigenvalue weighted by molar-refractivity contribution is 7.85. The van der Waals surface area contributed by atoms with Crippen LogP contribution in [-0.2, 0) is 21.3 Å². The van der Waals surface area contributed by atoms with Gasteiger partial charge in [0.05, 0.1) is 12.3 Å². The van der Waals surface area contributed by atoms with Crippen molar-refractivity contribution in [2.45, 2.75) is 44.7 Å². The van der Waals surface area contributed by atoms with Crippen LogP contribution in [0, 0.1) is 0 Å². The van der Waals surface area contributed by atoms with Gasteiger partial charge in [-0.25, -0.2) is 0 Å². The first-order valence-electron chi connectivity index (χ1n) is 8.56. The van der Waals surface area contributed by atoms with Crippen LogP contribution in [0.25, 0.3) is 0 Å². The molecule has 0 aliphatic rings. The third kappa shape index (κ3) is 17.0. The lowest BCUT2D eigenvalue weighted by molar-refractivity contribution is -0.123. The number of amides is 1. The van der Waals surface area contributed by atoms with E-state index in [9.17, 15) is 13.2 Å². The minimum atomic E-state index is -3.67. The zero-order valence-corrected chi connectivity index (χ0v) is 16.7. The monoisotopic (exact) mass is 401 g/mol. The van der Waals surface area contributed by atoms with Gasteiger partial charge in [-0.1, -0.05) is 30.3 Å². The van der Waals surface area contributed by atoms with Gasteiger partial charge in [0, 0.05) is 12.6 Å². The Hall–Kier alpha value is -2.17. The van der Waals surface area contributed by atoms with Crippen LogP contribution in [0.5, 0.6) is 0 Å². The molecule has 27 heavy (non-hydrogen) atoms. The SMILES string of the molecule is CS(=O)(=O)O.C[C@@H](Cc1ccccc1)NC(=O)C(N)CCCCN=C(N)N. The molecule has 1 aromatic carbocycles. The van der Waals surface area contributed by atoms with Crippen molar-refractivity contribution < 1.29 is 17.8 Å². The quantitative estimate of drug-likeness (QED) is 0.168. The average Bonchev–Trinajstić information content (AvgIpc) is 2.53. The fraction of sp³-hybridized carbons (Fsp3) is 0.529. The molecule has 1 aromatic rings. The number of carbonyl (C=O) groups is 1. The number of carbonyl (C=O) groups excluding carboxylic acids is 1. The second kappa shape index (κ2) is 13.1. The number of guanidine groups is 1. The number of nitrogens with two attached hydrogens (primary N) is 3. The molecule has 0 heterocycles. The minimum Gasteiger partial charge on any atom is -0.370 e. The molecule has 0 aliphatic heterocycles. The fourth-order valence-electron chi connectivity index (χ4n) is 2.18. The normalized spacial score (nSPS) is 12.9. The van der Waals surface area contributed by atoms with Gasteiger partial charge in [0.2, 0.25) is 5.91 Å². The van der Waals surface area contributed by atoms with E-state index in [4.69, 9.17) is 21.8 Å². The van der Waals surface area contributed by atoms with Crippen molar-refractivity contribution >= 4 is 22.0 Å². The fourth-order valence-corrected chi connectivity index (χ4v) is 2.18. The molecule has 0 radical (unpaired) electrons. The Labute approximate surface area is 161 Å².